The molecule has 194 valence electrons. The van der Waals surface area contributed by atoms with Crippen molar-refractivity contribution in [1.29, 1.82) is 0 Å². The molecule has 12 heteroatoms. The van der Waals surface area contributed by atoms with E-state index in [9.17, 15) is 22.8 Å². The highest BCUT2D eigenvalue weighted by Gasteiger charge is 2.27. The molecule has 3 N–H and O–H groups in total. The molecule has 3 rings (SSSR count). The summed E-state index contributed by atoms with van der Waals surface area (Å²) < 4.78 is 33.7. The molecule has 11 nitrogen and oxygen atoms in total. The number of likely N-dealkylation sites (N-methyl/N-ethyl adjacent to an activating group) is 1. The lowest BCUT2D eigenvalue weighted by Gasteiger charge is -2.25. The first-order valence-electron chi connectivity index (χ1n) is 11.5. The minimum Gasteiger partial charge on any atom is -0.497 e. The summed E-state index contributed by atoms with van der Waals surface area (Å²) in [6, 6.07) is 13.7. The van der Waals surface area contributed by atoms with Gasteiger partial charge in [-0.05, 0) is 42.7 Å². The standard InChI is InChI=1S/C24H31N5O6S/c1-28(19-10-12-20(35-2)13-11-19)23(31)21(16-18-8-4-3-5-9-18)26-24(32)27-36(33,34)25-17-22(30)29-14-6-7-15-29/h3-5,8-13,21,25H,6-7,14-17H2,1-2H3,(H2,26,27,32)/t21-/m0/s1. The van der Waals surface area contributed by atoms with Crippen molar-refractivity contribution >= 4 is 33.7 Å². The number of hydrogen-bond donors (Lipinski definition) is 3. The minimum atomic E-state index is -4.33. The second-order valence-electron chi connectivity index (χ2n) is 8.33. The van der Waals surface area contributed by atoms with Crippen molar-refractivity contribution in [3.05, 3.63) is 60.2 Å². The summed E-state index contributed by atoms with van der Waals surface area (Å²) in [7, 11) is -1.23. The van der Waals surface area contributed by atoms with E-state index in [1.54, 1.807) is 60.5 Å². The maximum Gasteiger partial charge on any atom is 0.330 e. The molecule has 1 atom stereocenters. The molecule has 1 fully saturated rings. The summed E-state index contributed by atoms with van der Waals surface area (Å²) in [6.45, 7) is 0.703. The summed E-state index contributed by atoms with van der Waals surface area (Å²) >= 11 is 0. The van der Waals surface area contributed by atoms with Crippen molar-refractivity contribution in [3.8, 4) is 5.75 Å². The number of anilines is 1. The Balaban J connectivity index is 1.67. The number of likely N-dealkylation sites (tertiary alicyclic amines) is 1. The van der Waals surface area contributed by atoms with E-state index in [2.05, 4.69) is 10.0 Å². The molecule has 0 saturated carbocycles. The van der Waals surface area contributed by atoms with Crippen LogP contribution in [0, 0.1) is 0 Å². The molecule has 1 aliphatic rings. The molecule has 36 heavy (non-hydrogen) atoms. The number of hydrogen-bond acceptors (Lipinski definition) is 6. The molecule has 1 heterocycles. The van der Waals surface area contributed by atoms with Crippen LogP contribution in [-0.4, -0.2) is 71.0 Å². The van der Waals surface area contributed by atoms with Crippen LogP contribution >= 0.6 is 0 Å². The van der Waals surface area contributed by atoms with Gasteiger partial charge in [-0.2, -0.15) is 13.1 Å². The van der Waals surface area contributed by atoms with Gasteiger partial charge >= 0.3 is 16.2 Å². The number of carbonyl (C=O) groups is 3. The van der Waals surface area contributed by atoms with Gasteiger partial charge in [0.1, 0.15) is 11.8 Å². The number of methoxy groups -OCH3 is 1. The number of amides is 4. The minimum absolute atomic E-state index is 0.133. The topological polar surface area (TPSA) is 137 Å². The molecule has 0 aromatic heterocycles. The Kier molecular flexibility index (Phi) is 9.25. The van der Waals surface area contributed by atoms with E-state index in [0.29, 0.717) is 24.5 Å². The van der Waals surface area contributed by atoms with Gasteiger partial charge in [0.05, 0.1) is 13.7 Å². The predicted molar refractivity (Wildman–Crippen MR) is 135 cm³/mol. The Bertz CT molecular complexity index is 1150. The van der Waals surface area contributed by atoms with Gasteiger partial charge < -0.3 is 19.9 Å². The number of rotatable bonds is 10. The summed E-state index contributed by atoms with van der Waals surface area (Å²) in [6.07, 6.45) is 1.89. The van der Waals surface area contributed by atoms with Crippen LogP contribution in [-0.2, 0) is 26.2 Å². The van der Waals surface area contributed by atoms with E-state index in [1.807, 2.05) is 10.8 Å². The monoisotopic (exact) mass is 517 g/mol. The normalized spacial score (nSPS) is 14.1. The van der Waals surface area contributed by atoms with E-state index in [-0.39, 0.29) is 12.3 Å². The third-order valence-electron chi connectivity index (χ3n) is 5.78. The molecular formula is C24H31N5O6S. The summed E-state index contributed by atoms with van der Waals surface area (Å²) in [4.78, 5) is 40.9. The highest BCUT2D eigenvalue weighted by Crippen LogP contribution is 2.19. The number of ether oxygens (including phenoxy) is 1. The molecule has 0 bridgehead atoms. The average Bonchev–Trinajstić information content (AvgIpc) is 3.42. The van der Waals surface area contributed by atoms with Crippen LogP contribution in [0.15, 0.2) is 54.6 Å². The summed E-state index contributed by atoms with van der Waals surface area (Å²) in [5.74, 6) is -0.191. The second-order valence-corrected chi connectivity index (χ2v) is 9.83. The summed E-state index contributed by atoms with van der Waals surface area (Å²) in [5, 5.41) is 2.46. The first kappa shape index (κ1) is 27.0. The van der Waals surface area contributed by atoms with Crippen molar-refractivity contribution in [1.82, 2.24) is 19.7 Å². The maximum atomic E-state index is 13.3. The highest BCUT2D eigenvalue weighted by molar-refractivity contribution is 7.88. The van der Waals surface area contributed by atoms with Gasteiger partial charge in [0.25, 0.3) is 0 Å². The van der Waals surface area contributed by atoms with Gasteiger partial charge in [-0.15, -0.1) is 0 Å². The Morgan fingerprint density at radius 3 is 2.28 bits per heavy atom. The predicted octanol–water partition coefficient (Wildman–Crippen LogP) is 1.03. The smallest absolute Gasteiger partial charge is 0.330 e. The Morgan fingerprint density at radius 1 is 1.03 bits per heavy atom. The molecule has 1 saturated heterocycles. The average molecular weight is 518 g/mol. The number of nitrogens with one attached hydrogen (secondary N) is 3. The molecule has 0 radical (unpaired) electrons. The molecule has 4 amide bonds. The summed E-state index contributed by atoms with van der Waals surface area (Å²) in [5.41, 5.74) is 1.34. The van der Waals surface area contributed by atoms with Gasteiger partial charge in [-0.25, -0.2) is 9.52 Å². The fraction of sp³-hybridized carbons (Fsp3) is 0.375. The van der Waals surface area contributed by atoms with Crippen molar-refractivity contribution in [2.24, 2.45) is 0 Å². The van der Waals surface area contributed by atoms with Crippen LogP contribution in [0.4, 0.5) is 10.5 Å². The number of urea groups is 1. The molecule has 0 unspecified atom stereocenters. The van der Waals surface area contributed by atoms with Crippen molar-refractivity contribution in [3.63, 3.8) is 0 Å². The number of benzene rings is 2. The van der Waals surface area contributed by atoms with Crippen molar-refractivity contribution in [2.75, 3.05) is 38.7 Å². The molecule has 0 aliphatic carbocycles. The molecule has 2 aromatic rings. The van der Waals surface area contributed by atoms with E-state index < -0.39 is 34.7 Å². The number of carbonyl (C=O) groups excluding carboxylic acids is 3. The fourth-order valence-corrected chi connectivity index (χ4v) is 4.49. The molecule has 1 aliphatic heterocycles. The van der Waals surface area contributed by atoms with Crippen LogP contribution in [0.25, 0.3) is 0 Å². The van der Waals surface area contributed by atoms with Crippen LogP contribution in [0.5, 0.6) is 5.75 Å². The third kappa shape index (κ3) is 7.68. The van der Waals surface area contributed by atoms with Crippen LogP contribution in [0.2, 0.25) is 0 Å². The van der Waals surface area contributed by atoms with E-state index in [0.717, 1.165) is 18.4 Å². The maximum absolute atomic E-state index is 13.3. The quantitative estimate of drug-likeness (QED) is 0.431. The van der Waals surface area contributed by atoms with Crippen molar-refractivity contribution < 1.29 is 27.5 Å². The van der Waals surface area contributed by atoms with E-state index >= 15 is 0 Å². The zero-order valence-electron chi connectivity index (χ0n) is 20.3. The zero-order chi connectivity index (χ0) is 26.1. The van der Waals surface area contributed by atoms with Crippen LogP contribution < -0.4 is 24.4 Å². The zero-order valence-corrected chi connectivity index (χ0v) is 21.1. The lowest BCUT2D eigenvalue weighted by Crippen LogP contribution is -2.54. The first-order valence-corrected chi connectivity index (χ1v) is 13.0. The van der Waals surface area contributed by atoms with Crippen molar-refractivity contribution in [2.45, 2.75) is 25.3 Å². The Labute approximate surface area is 211 Å². The lowest BCUT2D eigenvalue weighted by atomic mass is 10.0. The molecular weight excluding hydrogens is 486 g/mol. The SMILES string of the molecule is COc1ccc(N(C)C(=O)[C@H](Cc2ccccc2)NC(=O)NS(=O)(=O)NCC(=O)N2CCCC2)cc1. The van der Waals surface area contributed by atoms with Gasteiger partial charge in [0, 0.05) is 32.2 Å². The fourth-order valence-electron chi connectivity index (χ4n) is 3.80. The van der Waals surface area contributed by atoms with E-state index in [1.165, 1.54) is 12.0 Å². The molecule has 2 aromatic carbocycles. The number of nitrogens with zero attached hydrogens (tertiary/aromatic N) is 2. The first-order chi connectivity index (χ1) is 17.2. The third-order valence-corrected chi connectivity index (χ3v) is 6.75. The highest BCUT2D eigenvalue weighted by atomic mass is 32.2. The largest absolute Gasteiger partial charge is 0.497 e. The van der Waals surface area contributed by atoms with Gasteiger partial charge in [-0.3, -0.25) is 9.59 Å². The van der Waals surface area contributed by atoms with Crippen LogP contribution in [0.1, 0.15) is 18.4 Å². The van der Waals surface area contributed by atoms with Gasteiger partial charge in [-0.1, -0.05) is 30.3 Å². The Morgan fingerprint density at radius 2 is 1.67 bits per heavy atom. The Hall–Kier alpha value is -3.64. The van der Waals surface area contributed by atoms with Gasteiger partial charge in [0.2, 0.25) is 11.8 Å². The van der Waals surface area contributed by atoms with Gasteiger partial charge in [0.15, 0.2) is 0 Å². The van der Waals surface area contributed by atoms with E-state index in [4.69, 9.17) is 4.74 Å². The lowest BCUT2D eigenvalue weighted by molar-refractivity contribution is -0.128. The molecule has 0 spiro atoms. The van der Waals surface area contributed by atoms with Crippen LogP contribution in [0.3, 0.4) is 0 Å². The second kappa shape index (κ2) is 12.4.